The van der Waals surface area contributed by atoms with Crippen molar-refractivity contribution in [3.8, 4) is 5.75 Å². The predicted octanol–water partition coefficient (Wildman–Crippen LogP) is 1.58. The molecule has 0 aliphatic rings. The van der Waals surface area contributed by atoms with Crippen molar-refractivity contribution in [1.82, 2.24) is 5.32 Å². The lowest BCUT2D eigenvalue weighted by molar-refractivity contribution is -0.123. The van der Waals surface area contributed by atoms with Crippen LogP contribution in [0.5, 0.6) is 5.75 Å². The highest BCUT2D eigenvalue weighted by Crippen LogP contribution is 2.26. The molecular formula is C15H23NO4. The summed E-state index contributed by atoms with van der Waals surface area (Å²) >= 11 is 0. The first-order valence-corrected chi connectivity index (χ1v) is 6.71. The molecule has 0 bridgehead atoms. The Hall–Kier alpha value is -1.59. The lowest BCUT2D eigenvalue weighted by Crippen LogP contribution is -2.30. The monoisotopic (exact) mass is 281 g/mol. The number of hydrogen-bond acceptors (Lipinski definition) is 4. The molecule has 1 aromatic carbocycles. The predicted molar refractivity (Wildman–Crippen MR) is 76.8 cm³/mol. The number of aliphatic hydroxyl groups is 1. The van der Waals surface area contributed by atoms with E-state index >= 15 is 0 Å². The van der Waals surface area contributed by atoms with Crippen LogP contribution in [0.1, 0.15) is 30.6 Å². The number of aliphatic hydroxyl groups excluding tert-OH is 1. The van der Waals surface area contributed by atoms with E-state index in [1.807, 2.05) is 19.1 Å². The molecule has 5 nitrogen and oxygen atoms in total. The number of nitrogens with one attached hydrogen (secondary N) is 1. The third-order valence-corrected chi connectivity index (χ3v) is 2.82. The summed E-state index contributed by atoms with van der Waals surface area (Å²) in [4.78, 5) is 11.6. The van der Waals surface area contributed by atoms with Crippen LogP contribution in [-0.2, 0) is 9.53 Å². The van der Waals surface area contributed by atoms with Crippen LogP contribution < -0.4 is 10.1 Å². The molecule has 112 valence electrons. The molecule has 0 aromatic heterocycles. The molecule has 20 heavy (non-hydrogen) atoms. The van der Waals surface area contributed by atoms with Crippen molar-refractivity contribution >= 4 is 5.91 Å². The van der Waals surface area contributed by atoms with Crippen LogP contribution in [0.3, 0.4) is 0 Å². The summed E-state index contributed by atoms with van der Waals surface area (Å²) in [5.74, 6) is 0.357. The van der Waals surface area contributed by atoms with E-state index in [4.69, 9.17) is 9.47 Å². The van der Waals surface area contributed by atoms with E-state index in [-0.39, 0.29) is 12.5 Å². The van der Waals surface area contributed by atoms with Crippen LogP contribution in [-0.4, -0.2) is 37.9 Å². The SMILES string of the molecule is COCCCNC(=O)COc1ccc(C)cc1C(C)O. The number of hydrogen-bond donors (Lipinski definition) is 2. The van der Waals surface area contributed by atoms with Gasteiger partial charge in [-0.3, -0.25) is 4.79 Å². The Morgan fingerprint density at radius 3 is 2.85 bits per heavy atom. The number of aryl methyl sites for hydroxylation is 1. The van der Waals surface area contributed by atoms with Crippen LogP contribution in [0.15, 0.2) is 18.2 Å². The number of amides is 1. The van der Waals surface area contributed by atoms with Gasteiger partial charge in [0.2, 0.25) is 0 Å². The smallest absolute Gasteiger partial charge is 0.257 e. The number of methoxy groups -OCH3 is 1. The fraction of sp³-hybridized carbons (Fsp3) is 0.533. The van der Waals surface area contributed by atoms with Crippen LogP contribution >= 0.6 is 0 Å². The van der Waals surface area contributed by atoms with E-state index < -0.39 is 6.10 Å². The van der Waals surface area contributed by atoms with Crippen molar-refractivity contribution < 1.29 is 19.4 Å². The van der Waals surface area contributed by atoms with Gasteiger partial charge in [0, 0.05) is 25.8 Å². The van der Waals surface area contributed by atoms with Gasteiger partial charge in [-0.05, 0) is 32.4 Å². The van der Waals surface area contributed by atoms with Crippen LogP contribution in [0.4, 0.5) is 0 Å². The van der Waals surface area contributed by atoms with Gasteiger partial charge < -0.3 is 19.9 Å². The number of benzene rings is 1. The highest BCUT2D eigenvalue weighted by Gasteiger charge is 2.11. The molecule has 0 spiro atoms. The fourth-order valence-corrected chi connectivity index (χ4v) is 1.76. The van der Waals surface area contributed by atoms with E-state index in [0.717, 1.165) is 12.0 Å². The Kier molecular flexibility index (Phi) is 7.04. The maximum Gasteiger partial charge on any atom is 0.257 e. The Balaban J connectivity index is 2.47. The van der Waals surface area contributed by atoms with Crippen LogP contribution in [0.2, 0.25) is 0 Å². The molecule has 0 aliphatic carbocycles. The zero-order valence-corrected chi connectivity index (χ0v) is 12.3. The van der Waals surface area contributed by atoms with Gasteiger partial charge in [-0.1, -0.05) is 11.6 Å². The van der Waals surface area contributed by atoms with E-state index in [1.165, 1.54) is 0 Å². The maximum absolute atomic E-state index is 11.6. The summed E-state index contributed by atoms with van der Waals surface area (Å²) in [6.45, 7) is 4.73. The molecule has 5 heteroatoms. The molecule has 1 amide bonds. The highest BCUT2D eigenvalue weighted by atomic mass is 16.5. The lowest BCUT2D eigenvalue weighted by Gasteiger charge is -2.14. The molecule has 2 N–H and O–H groups in total. The molecule has 1 atom stereocenters. The minimum absolute atomic E-state index is 0.0598. The third kappa shape index (κ3) is 5.59. The number of rotatable bonds is 8. The van der Waals surface area contributed by atoms with Gasteiger partial charge in [0.1, 0.15) is 5.75 Å². The summed E-state index contributed by atoms with van der Waals surface area (Å²) in [5, 5.41) is 12.4. The van der Waals surface area contributed by atoms with Crippen LogP contribution in [0, 0.1) is 6.92 Å². The molecule has 1 aromatic rings. The summed E-state index contributed by atoms with van der Waals surface area (Å²) < 4.78 is 10.4. The minimum atomic E-state index is -0.630. The molecule has 0 heterocycles. The molecular weight excluding hydrogens is 258 g/mol. The number of ether oxygens (including phenoxy) is 2. The number of carbonyl (C=O) groups is 1. The summed E-state index contributed by atoms with van der Waals surface area (Å²) in [5.41, 5.74) is 1.73. The first kappa shape index (κ1) is 16.5. The summed E-state index contributed by atoms with van der Waals surface area (Å²) in [7, 11) is 1.62. The van der Waals surface area contributed by atoms with Crippen molar-refractivity contribution in [2.45, 2.75) is 26.4 Å². The first-order valence-electron chi connectivity index (χ1n) is 6.71. The maximum atomic E-state index is 11.6. The summed E-state index contributed by atoms with van der Waals surface area (Å²) in [6, 6.07) is 5.52. The average molecular weight is 281 g/mol. The molecule has 0 radical (unpaired) electrons. The Morgan fingerprint density at radius 2 is 2.20 bits per heavy atom. The molecule has 0 aliphatic heterocycles. The quantitative estimate of drug-likeness (QED) is 0.710. The van der Waals surface area contributed by atoms with E-state index in [9.17, 15) is 9.90 Å². The van der Waals surface area contributed by atoms with E-state index in [1.54, 1.807) is 20.1 Å². The fourth-order valence-electron chi connectivity index (χ4n) is 1.76. The highest BCUT2D eigenvalue weighted by molar-refractivity contribution is 5.77. The van der Waals surface area contributed by atoms with Crippen molar-refractivity contribution in [2.75, 3.05) is 26.9 Å². The molecule has 1 unspecified atom stereocenters. The average Bonchev–Trinajstić information content (AvgIpc) is 2.42. The standard InChI is InChI=1S/C15H23NO4/c1-11-5-6-14(13(9-11)12(2)17)20-10-15(18)16-7-4-8-19-3/h5-6,9,12,17H,4,7-8,10H2,1-3H3,(H,16,18). The Labute approximate surface area is 119 Å². The van der Waals surface area contributed by atoms with Gasteiger partial charge in [0.05, 0.1) is 6.10 Å². The van der Waals surface area contributed by atoms with Crippen LogP contribution in [0.25, 0.3) is 0 Å². The summed E-state index contributed by atoms with van der Waals surface area (Å²) in [6.07, 6.45) is 0.140. The van der Waals surface area contributed by atoms with Crippen molar-refractivity contribution in [1.29, 1.82) is 0 Å². The lowest BCUT2D eigenvalue weighted by atomic mass is 10.1. The largest absolute Gasteiger partial charge is 0.483 e. The van der Waals surface area contributed by atoms with E-state index in [2.05, 4.69) is 5.32 Å². The second-order valence-corrected chi connectivity index (χ2v) is 4.70. The molecule has 0 saturated carbocycles. The van der Waals surface area contributed by atoms with Crippen molar-refractivity contribution in [3.05, 3.63) is 29.3 Å². The van der Waals surface area contributed by atoms with Gasteiger partial charge in [-0.25, -0.2) is 0 Å². The zero-order valence-electron chi connectivity index (χ0n) is 12.3. The van der Waals surface area contributed by atoms with Crippen molar-refractivity contribution in [3.63, 3.8) is 0 Å². The van der Waals surface area contributed by atoms with Gasteiger partial charge in [0.15, 0.2) is 6.61 Å². The van der Waals surface area contributed by atoms with Gasteiger partial charge in [0.25, 0.3) is 5.91 Å². The molecule has 0 fully saturated rings. The van der Waals surface area contributed by atoms with Crippen molar-refractivity contribution in [2.24, 2.45) is 0 Å². The normalized spacial score (nSPS) is 12.0. The Bertz CT molecular complexity index is 432. The van der Waals surface area contributed by atoms with Gasteiger partial charge in [-0.15, -0.1) is 0 Å². The third-order valence-electron chi connectivity index (χ3n) is 2.82. The van der Waals surface area contributed by atoms with E-state index in [0.29, 0.717) is 24.5 Å². The first-order chi connectivity index (χ1) is 9.54. The Morgan fingerprint density at radius 1 is 1.45 bits per heavy atom. The number of carbonyl (C=O) groups excluding carboxylic acids is 1. The second kappa shape index (κ2) is 8.55. The topological polar surface area (TPSA) is 67.8 Å². The zero-order chi connectivity index (χ0) is 15.0. The molecule has 0 saturated heterocycles. The second-order valence-electron chi connectivity index (χ2n) is 4.70. The minimum Gasteiger partial charge on any atom is -0.483 e. The molecule has 1 rings (SSSR count). The van der Waals surface area contributed by atoms with Gasteiger partial charge >= 0.3 is 0 Å². The van der Waals surface area contributed by atoms with Gasteiger partial charge in [-0.2, -0.15) is 0 Å².